The Bertz CT molecular complexity index is 3530. The van der Waals surface area contributed by atoms with Gasteiger partial charge in [-0.25, -0.2) is 4.98 Å². The molecule has 0 aliphatic heterocycles. The third-order valence-corrected chi connectivity index (χ3v) is 11.8. The first-order valence-electron chi connectivity index (χ1n) is 20.3. The molecule has 5 heteroatoms. The van der Waals surface area contributed by atoms with Crippen LogP contribution in [-0.4, -0.2) is 24.1 Å². The number of benzene rings is 9. The van der Waals surface area contributed by atoms with Gasteiger partial charge in [0, 0.05) is 43.7 Å². The number of rotatable bonds is 6. The summed E-state index contributed by atoms with van der Waals surface area (Å²) < 4.78 is 4.64. The highest BCUT2D eigenvalue weighted by Crippen LogP contribution is 2.40. The van der Waals surface area contributed by atoms with E-state index in [0.717, 1.165) is 82.7 Å². The molecule has 3 heterocycles. The number of nitrogens with zero attached hydrogens (tertiary/aromatic N) is 5. The van der Waals surface area contributed by atoms with Crippen LogP contribution in [0.2, 0.25) is 0 Å². The summed E-state index contributed by atoms with van der Waals surface area (Å²) in [7, 11) is 0. The lowest BCUT2D eigenvalue weighted by atomic mass is 9.99. The molecule has 0 aliphatic rings. The van der Waals surface area contributed by atoms with Crippen LogP contribution < -0.4 is 0 Å². The number of aromatic nitrogens is 5. The molecule has 0 unspecified atom stereocenters. The van der Waals surface area contributed by atoms with Gasteiger partial charge in [-0.15, -0.1) is 0 Å². The van der Waals surface area contributed by atoms with Gasteiger partial charge in [0.05, 0.1) is 22.1 Å². The Morgan fingerprint density at radius 2 is 0.833 bits per heavy atom. The van der Waals surface area contributed by atoms with E-state index in [4.69, 9.17) is 15.0 Å². The minimum atomic E-state index is 0.556. The van der Waals surface area contributed by atoms with E-state index in [2.05, 4.69) is 209 Å². The van der Waals surface area contributed by atoms with Crippen molar-refractivity contribution in [3.05, 3.63) is 212 Å². The van der Waals surface area contributed by atoms with Crippen molar-refractivity contribution in [2.75, 3.05) is 0 Å². The van der Waals surface area contributed by atoms with E-state index in [1.807, 2.05) is 12.1 Å². The molecule has 0 amide bonds. The van der Waals surface area contributed by atoms with Crippen molar-refractivity contribution in [1.29, 1.82) is 0 Å². The van der Waals surface area contributed by atoms with Gasteiger partial charge in [0.1, 0.15) is 0 Å². The van der Waals surface area contributed by atoms with Crippen LogP contribution in [0, 0.1) is 0 Å². The zero-order valence-electron chi connectivity index (χ0n) is 32.4. The van der Waals surface area contributed by atoms with E-state index in [1.54, 1.807) is 0 Å². The summed E-state index contributed by atoms with van der Waals surface area (Å²) in [6.07, 6.45) is 0. The number of para-hydroxylation sites is 2. The zero-order valence-corrected chi connectivity index (χ0v) is 32.4. The molecule has 9 aromatic carbocycles. The molecular formula is C55H35N5. The molecule has 5 nitrogen and oxygen atoms in total. The van der Waals surface area contributed by atoms with Crippen LogP contribution in [0.5, 0.6) is 0 Å². The van der Waals surface area contributed by atoms with Crippen LogP contribution in [0.15, 0.2) is 212 Å². The second kappa shape index (κ2) is 13.8. The lowest BCUT2D eigenvalue weighted by molar-refractivity contribution is 0.955. The van der Waals surface area contributed by atoms with Gasteiger partial charge in [-0.05, 0) is 51.9 Å². The van der Waals surface area contributed by atoms with E-state index in [1.165, 1.54) is 10.8 Å². The lowest BCUT2D eigenvalue weighted by Gasteiger charge is -2.14. The smallest absolute Gasteiger partial charge is 0.238 e. The summed E-state index contributed by atoms with van der Waals surface area (Å²) >= 11 is 0. The average Bonchev–Trinajstić information content (AvgIpc) is 3.85. The molecule has 3 aromatic heterocycles. The SMILES string of the molecule is c1ccc(-c2ccc(-c3nc(-c4ccccc4-c4ccccc4)nc(-n4c5cc(-n6c7ccccc7c7ccccc76)ccc5c5ccc6ccccc6c54)n3)cc2)cc1. The summed E-state index contributed by atoms with van der Waals surface area (Å²) in [5.41, 5.74) is 11.8. The molecule has 0 atom stereocenters. The molecule has 0 spiro atoms. The van der Waals surface area contributed by atoms with Crippen molar-refractivity contribution in [2.45, 2.75) is 0 Å². The maximum absolute atomic E-state index is 5.46. The zero-order chi connectivity index (χ0) is 39.6. The van der Waals surface area contributed by atoms with Gasteiger partial charge in [0.15, 0.2) is 11.6 Å². The van der Waals surface area contributed by atoms with Crippen LogP contribution in [0.4, 0.5) is 0 Å². The molecule has 280 valence electrons. The largest absolute Gasteiger partial charge is 0.309 e. The van der Waals surface area contributed by atoms with Crippen molar-refractivity contribution in [3.8, 4) is 56.7 Å². The van der Waals surface area contributed by atoms with Crippen LogP contribution in [0.3, 0.4) is 0 Å². The molecule has 0 radical (unpaired) electrons. The average molecular weight is 766 g/mol. The quantitative estimate of drug-likeness (QED) is 0.169. The summed E-state index contributed by atoms with van der Waals surface area (Å²) in [5.74, 6) is 1.77. The minimum Gasteiger partial charge on any atom is -0.309 e. The third-order valence-electron chi connectivity index (χ3n) is 11.8. The van der Waals surface area contributed by atoms with Gasteiger partial charge in [-0.3, -0.25) is 4.57 Å². The van der Waals surface area contributed by atoms with E-state index in [-0.39, 0.29) is 0 Å². The number of hydrogen-bond acceptors (Lipinski definition) is 3. The van der Waals surface area contributed by atoms with Crippen LogP contribution in [-0.2, 0) is 0 Å². The Morgan fingerprint density at radius 1 is 0.300 bits per heavy atom. The maximum atomic E-state index is 5.46. The standard InChI is InChI=1S/C55H35N5/c1-3-15-36(16-4-1)37-27-29-40(30-28-37)53-56-54(48-24-10-9-20-42(48)38-17-5-2-6-18-38)58-55(57-53)60-51-35-41(59-49-25-13-11-22-44(49)45-23-12-14-26-50(45)59)32-34-46(51)47-33-31-39-19-7-8-21-43(39)52(47)60/h1-35H. The van der Waals surface area contributed by atoms with E-state index >= 15 is 0 Å². The molecule has 0 fully saturated rings. The maximum Gasteiger partial charge on any atom is 0.238 e. The Hall–Kier alpha value is -8.15. The van der Waals surface area contributed by atoms with Crippen molar-refractivity contribution >= 4 is 54.4 Å². The fraction of sp³-hybridized carbons (Fsp3) is 0. The summed E-state index contributed by atoms with van der Waals surface area (Å²) in [4.78, 5) is 16.1. The van der Waals surface area contributed by atoms with Gasteiger partial charge in [0.2, 0.25) is 5.95 Å². The van der Waals surface area contributed by atoms with Crippen molar-refractivity contribution in [1.82, 2.24) is 24.1 Å². The van der Waals surface area contributed by atoms with E-state index in [9.17, 15) is 0 Å². The summed E-state index contributed by atoms with van der Waals surface area (Å²) in [6, 6.07) is 75.0. The number of hydrogen-bond donors (Lipinski definition) is 0. The van der Waals surface area contributed by atoms with Crippen molar-refractivity contribution < 1.29 is 0 Å². The molecule has 0 aliphatic carbocycles. The third kappa shape index (κ3) is 5.44. The molecule has 12 rings (SSSR count). The van der Waals surface area contributed by atoms with Gasteiger partial charge < -0.3 is 4.57 Å². The fourth-order valence-corrected chi connectivity index (χ4v) is 9.02. The highest BCUT2D eigenvalue weighted by molar-refractivity contribution is 6.19. The fourth-order valence-electron chi connectivity index (χ4n) is 9.02. The predicted molar refractivity (Wildman–Crippen MR) is 248 cm³/mol. The molecule has 12 aromatic rings. The molecule has 60 heavy (non-hydrogen) atoms. The van der Waals surface area contributed by atoms with E-state index in [0.29, 0.717) is 17.6 Å². The molecular weight excluding hydrogens is 731 g/mol. The first-order chi connectivity index (χ1) is 29.8. The van der Waals surface area contributed by atoms with Crippen LogP contribution in [0.25, 0.3) is 111 Å². The molecule has 0 saturated carbocycles. The topological polar surface area (TPSA) is 48.5 Å². The van der Waals surface area contributed by atoms with Crippen LogP contribution >= 0.6 is 0 Å². The number of fused-ring (bicyclic) bond motifs is 8. The highest BCUT2D eigenvalue weighted by atomic mass is 15.2. The Labute approximate surface area is 346 Å². The summed E-state index contributed by atoms with van der Waals surface area (Å²) in [6.45, 7) is 0. The van der Waals surface area contributed by atoms with Gasteiger partial charge in [-0.1, -0.05) is 188 Å². The molecule has 0 bridgehead atoms. The first kappa shape index (κ1) is 33.9. The summed E-state index contributed by atoms with van der Waals surface area (Å²) in [5, 5.41) is 6.99. The van der Waals surface area contributed by atoms with Gasteiger partial charge in [-0.2, -0.15) is 9.97 Å². The normalized spacial score (nSPS) is 11.7. The predicted octanol–water partition coefficient (Wildman–Crippen LogP) is 13.9. The van der Waals surface area contributed by atoms with Gasteiger partial charge in [0.25, 0.3) is 0 Å². The Kier molecular flexibility index (Phi) is 7.78. The molecule has 0 saturated heterocycles. The van der Waals surface area contributed by atoms with Crippen molar-refractivity contribution in [2.24, 2.45) is 0 Å². The van der Waals surface area contributed by atoms with E-state index < -0.39 is 0 Å². The van der Waals surface area contributed by atoms with Gasteiger partial charge >= 0.3 is 0 Å². The highest BCUT2D eigenvalue weighted by Gasteiger charge is 2.22. The Morgan fingerprint density at radius 3 is 1.57 bits per heavy atom. The first-order valence-corrected chi connectivity index (χ1v) is 20.3. The van der Waals surface area contributed by atoms with Crippen LogP contribution in [0.1, 0.15) is 0 Å². The monoisotopic (exact) mass is 765 g/mol. The minimum absolute atomic E-state index is 0.556. The molecule has 0 N–H and O–H groups in total. The Balaban J connectivity index is 1.16. The second-order valence-corrected chi connectivity index (χ2v) is 15.2. The van der Waals surface area contributed by atoms with Crippen molar-refractivity contribution in [3.63, 3.8) is 0 Å². The lowest BCUT2D eigenvalue weighted by Crippen LogP contribution is -2.07. The second-order valence-electron chi connectivity index (χ2n) is 15.2.